The fourth-order valence-corrected chi connectivity index (χ4v) is 2.39. The van der Waals surface area contributed by atoms with Crippen molar-refractivity contribution < 1.29 is 19.8 Å². The van der Waals surface area contributed by atoms with Gasteiger partial charge in [0.25, 0.3) is 0 Å². The van der Waals surface area contributed by atoms with Crippen molar-refractivity contribution in [3.8, 4) is 11.1 Å². The van der Waals surface area contributed by atoms with Crippen molar-refractivity contribution in [1.82, 2.24) is 0 Å². The van der Waals surface area contributed by atoms with Gasteiger partial charge in [0, 0.05) is 18.7 Å². The third kappa shape index (κ3) is 3.96. The smallest absolute Gasteiger partial charge is 0.326 e. The van der Waals surface area contributed by atoms with Gasteiger partial charge in [-0.1, -0.05) is 42.0 Å². The van der Waals surface area contributed by atoms with Crippen LogP contribution in [0.15, 0.2) is 48.5 Å². The van der Waals surface area contributed by atoms with Crippen molar-refractivity contribution in [2.24, 2.45) is 0 Å². The number of aliphatic carboxylic acids is 1. The molecule has 0 aliphatic heterocycles. The average molecular weight is 313 g/mol. The zero-order valence-electron chi connectivity index (χ0n) is 12.8. The molecule has 2 rings (SSSR count). The molecular formula is C18H19NO4. The highest BCUT2D eigenvalue weighted by molar-refractivity contribution is 5.88. The minimum absolute atomic E-state index is 0.0201. The van der Waals surface area contributed by atoms with E-state index in [1.54, 1.807) is 12.1 Å². The number of anilines is 1. The molecule has 1 unspecified atom stereocenters. The van der Waals surface area contributed by atoms with Crippen LogP contribution in [-0.2, 0) is 9.59 Å². The lowest BCUT2D eigenvalue weighted by molar-refractivity contribution is -0.139. The second kappa shape index (κ2) is 7.56. The van der Waals surface area contributed by atoms with Crippen LogP contribution < -0.4 is 4.90 Å². The van der Waals surface area contributed by atoms with E-state index in [1.165, 1.54) is 5.56 Å². The fourth-order valence-electron chi connectivity index (χ4n) is 2.39. The quantitative estimate of drug-likeness (QED) is 0.770. The average Bonchev–Trinajstić information content (AvgIpc) is 2.56. The summed E-state index contributed by atoms with van der Waals surface area (Å²) in [7, 11) is 0. The molecule has 0 bridgehead atoms. The molecular weight excluding hydrogens is 294 g/mol. The summed E-state index contributed by atoms with van der Waals surface area (Å²) in [6.45, 7) is 1.71. The van der Waals surface area contributed by atoms with Gasteiger partial charge in [0.05, 0.1) is 0 Å². The summed E-state index contributed by atoms with van der Waals surface area (Å²) in [5.74, 6) is -1.14. The van der Waals surface area contributed by atoms with Crippen LogP contribution >= 0.6 is 0 Å². The number of aliphatic hydroxyl groups is 1. The molecule has 120 valence electrons. The standard InChI is InChI=1S/C18H19NO4/c1-13-2-4-14(5-3-13)15-6-8-16(9-7-15)19(12-21)17(10-11-20)18(22)23/h2-9,12,17,20H,10-11H2,1H3,(H,22,23). The van der Waals surface area contributed by atoms with Crippen LogP contribution in [0.3, 0.4) is 0 Å². The first-order valence-corrected chi connectivity index (χ1v) is 7.31. The van der Waals surface area contributed by atoms with Crippen molar-refractivity contribution in [1.29, 1.82) is 0 Å². The topological polar surface area (TPSA) is 77.8 Å². The SMILES string of the molecule is Cc1ccc(-c2ccc(N(C=O)C(CCO)C(=O)O)cc2)cc1. The van der Waals surface area contributed by atoms with Crippen LogP contribution in [-0.4, -0.2) is 35.2 Å². The Bertz CT molecular complexity index is 664. The van der Waals surface area contributed by atoms with Crippen LogP contribution in [0, 0.1) is 6.92 Å². The molecule has 0 radical (unpaired) electrons. The number of aliphatic hydroxyl groups excluding tert-OH is 1. The lowest BCUT2D eigenvalue weighted by Gasteiger charge is -2.24. The molecule has 23 heavy (non-hydrogen) atoms. The first-order chi connectivity index (χ1) is 11.1. The van der Waals surface area contributed by atoms with E-state index in [2.05, 4.69) is 0 Å². The molecule has 0 fully saturated rings. The molecule has 0 aliphatic rings. The first-order valence-electron chi connectivity index (χ1n) is 7.31. The maximum Gasteiger partial charge on any atom is 0.326 e. The molecule has 0 aromatic heterocycles. The van der Waals surface area contributed by atoms with E-state index in [-0.39, 0.29) is 13.0 Å². The van der Waals surface area contributed by atoms with Crippen LogP contribution in [0.2, 0.25) is 0 Å². The first kappa shape index (κ1) is 16.7. The van der Waals surface area contributed by atoms with Gasteiger partial charge >= 0.3 is 5.97 Å². The Labute approximate surface area is 134 Å². The van der Waals surface area contributed by atoms with Crippen molar-refractivity contribution >= 4 is 18.1 Å². The Morgan fingerprint density at radius 1 is 1.09 bits per heavy atom. The Morgan fingerprint density at radius 2 is 1.61 bits per heavy atom. The van der Waals surface area contributed by atoms with E-state index < -0.39 is 12.0 Å². The number of carboxylic acid groups (broad SMARTS) is 1. The number of nitrogens with zero attached hydrogens (tertiary/aromatic N) is 1. The molecule has 2 N–H and O–H groups in total. The minimum Gasteiger partial charge on any atom is -0.480 e. The number of hydrogen-bond donors (Lipinski definition) is 2. The van der Waals surface area contributed by atoms with E-state index in [4.69, 9.17) is 5.11 Å². The van der Waals surface area contributed by atoms with Gasteiger partial charge in [0.2, 0.25) is 6.41 Å². The summed E-state index contributed by atoms with van der Waals surface area (Å²) >= 11 is 0. The molecule has 0 heterocycles. The maximum absolute atomic E-state index is 11.3. The minimum atomic E-state index is -1.14. The van der Waals surface area contributed by atoms with Crippen LogP contribution in [0.1, 0.15) is 12.0 Å². The maximum atomic E-state index is 11.3. The van der Waals surface area contributed by atoms with Gasteiger partial charge in [-0.05, 0) is 30.2 Å². The molecule has 0 saturated carbocycles. The summed E-state index contributed by atoms with van der Waals surface area (Å²) < 4.78 is 0. The number of rotatable bonds is 7. The van der Waals surface area contributed by atoms with Crippen molar-refractivity contribution in [3.63, 3.8) is 0 Å². The Balaban J connectivity index is 2.27. The van der Waals surface area contributed by atoms with Gasteiger partial charge in [0.15, 0.2) is 0 Å². The lowest BCUT2D eigenvalue weighted by atomic mass is 10.0. The molecule has 1 amide bonds. The number of hydrogen-bond acceptors (Lipinski definition) is 3. The van der Waals surface area contributed by atoms with Gasteiger partial charge in [-0.3, -0.25) is 4.79 Å². The largest absolute Gasteiger partial charge is 0.480 e. The van der Waals surface area contributed by atoms with Crippen LogP contribution in [0.4, 0.5) is 5.69 Å². The van der Waals surface area contributed by atoms with E-state index in [0.29, 0.717) is 12.1 Å². The Hall–Kier alpha value is -2.66. The normalized spacial score (nSPS) is 11.7. The van der Waals surface area contributed by atoms with Gasteiger partial charge < -0.3 is 15.1 Å². The molecule has 0 aliphatic carbocycles. The number of carboxylic acids is 1. The number of amides is 1. The Kier molecular flexibility index (Phi) is 5.49. The molecule has 1 atom stereocenters. The van der Waals surface area contributed by atoms with E-state index in [0.717, 1.165) is 16.0 Å². The predicted octanol–water partition coefficient (Wildman–Crippen LogP) is 2.46. The molecule has 0 spiro atoms. The van der Waals surface area contributed by atoms with E-state index >= 15 is 0 Å². The summed E-state index contributed by atoms with van der Waals surface area (Å²) in [6.07, 6.45) is 0.461. The summed E-state index contributed by atoms with van der Waals surface area (Å²) in [4.78, 5) is 23.7. The highest BCUT2D eigenvalue weighted by Gasteiger charge is 2.25. The second-order valence-corrected chi connectivity index (χ2v) is 5.29. The summed E-state index contributed by atoms with van der Waals surface area (Å²) in [5, 5.41) is 18.2. The second-order valence-electron chi connectivity index (χ2n) is 5.29. The third-order valence-electron chi connectivity index (χ3n) is 3.69. The highest BCUT2D eigenvalue weighted by atomic mass is 16.4. The fraction of sp³-hybridized carbons (Fsp3) is 0.222. The zero-order valence-corrected chi connectivity index (χ0v) is 12.8. The van der Waals surface area contributed by atoms with Gasteiger partial charge in [-0.25, -0.2) is 4.79 Å². The summed E-state index contributed by atoms with van der Waals surface area (Å²) in [5.41, 5.74) is 3.68. The number of carbonyl (C=O) groups is 2. The molecule has 5 heteroatoms. The number of carbonyl (C=O) groups excluding carboxylic acids is 1. The zero-order chi connectivity index (χ0) is 16.8. The van der Waals surface area contributed by atoms with E-state index in [9.17, 15) is 14.7 Å². The van der Waals surface area contributed by atoms with Crippen molar-refractivity contribution in [2.75, 3.05) is 11.5 Å². The molecule has 5 nitrogen and oxygen atoms in total. The van der Waals surface area contributed by atoms with Crippen LogP contribution in [0.25, 0.3) is 11.1 Å². The molecule has 0 saturated heterocycles. The number of aryl methyl sites for hydroxylation is 1. The monoisotopic (exact) mass is 313 g/mol. The lowest BCUT2D eigenvalue weighted by Crippen LogP contribution is -2.41. The predicted molar refractivity (Wildman–Crippen MR) is 88.3 cm³/mol. The Morgan fingerprint density at radius 3 is 2.04 bits per heavy atom. The highest BCUT2D eigenvalue weighted by Crippen LogP contribution is 2.24. The van der Waals surface area contributed by atoms with Gasteiger partial charge in [-0.15, -0.1) is 0 Å². The summed E-state index contributed by atoms with van der Waals surface area (Å²) in [6, 6.07) is 14.1. The third-order valence-corrected chi connectivity index (χ3v) is 3.69. The van der Waals surface area contributed by atoms with Gasteiger partial charge in [0.1, 0.15) is 6.04 Å². The van der Waals surface area contributed by atoms with Crippen LogP contribution in [0.5, 0.6) is 0 Å². The number of benzene rings is 2. The van der Waals surface area contributed by atoms with Crippen molar-refractivity contribution in [2.45, 2.75) is 19.4 Å². The molecule has 2 aromatic carbocycles. The van der Waals surface area contributed by atoms with Gasteiger partial charge in [-0.2, -0.15) is 0 Å². The van der Waals surface area contributed by atoms with Crippen molar-refractivity contribution in [3.05, 3.63) is 54.1 Å². The molecule has 2 aromatic rings. The van der Waals surface area contributed by atoms with E-state index in [1.807, 2.05) is 43.3 Å².